The molecule has 0 radical (unpaired) electrons. The van der Waals surface area contributed by atoms with Crippen molar-refractivity contribution in [3.05, 3.63) is 35.7 Å². The molecule has 4 rings (SSSR count). The molecule has 2 aromatic rings. The molecule has 1 aromatic heterocycles. The van der Waals surface area contributed by atoms with Gasteiger partial charge in [0, 0.05) is 24.8 Å². The minimum Gasteiger partial charge on any atom is -0.378 e. The minimum absolute atomic E-state index is 0.155. The molecule has 1 aliphatic heterocycles. The Hall–Kier alpha value is -2.76. The molecule has 0 bridgehead atoms. The third kappa shape index (κ3) is 5.48. The van der Waals surface area contributed by atoms with Gasteiger partial charge in [-0.05, 0) is 38.0 Å². The van der Waals surface area contributed by atoms with Crippen LogP contribution in [0.25, 0.3) is 0 Å². The maximum Gasteiger partial charge on any atom is 0.416 e. The van der Waals surface area contributed by atoms with E-state index in [9.17, 15) is 22.8 Å². The highest BCUT2D eigenvalue weighted by atomic mass is 32.2. The van der Waals surface area contributed by atoms with E-state index in [1.165, 1.54) is 22.7 Å². The van der Waals surface area contributed by atoms with Crippen LogP contribution in [0.1, 0.15) is 56.5 Å². The average Bonchev–Trinajstić information content (AvgIpc) is 3.43. The summed E-state index contributed by atoms with van der Waals surface area (Å²) in [7, 11) is 0. The number of carbonyl (C=O) groups is 2. The number of hydrogen-bond donors (Lipinski definition) is 2. The van der Waals surface area contributed by atoms with Crippen molar-refractivity contribution >= 4 is 29.4 Å². The van der Waals surface area contributed by atoms with Crippen LogP contribution in [0.4, 0.5) is 23.7 Å². The maximum absolute atomic E-state index is 13.1. The molecule has 1 aliphatic carbocycles. The summed E-state index contributed by atoms with van der Waals surface area (Å²) in [6.45, 7) is 2.71. The zero-order valence-corrected chi connectivity index (χ0v) is 19.6. The van der Waals surface area contributed by atoms with Crippen molar-refractivity contribution in [3.8, 4) is 0 Å². The third-order valence-corrected chi connectivity index (χ3v) is 7.11. The lowest BCUT2D eigenvalue weighted by Crippen LogP contribution is -2.39. The second-order valence-corrected chi connectivity index (χ2v) is 9.78. The van der Waals surface area contributed by atoms with Crippen molar-refractivity contribution in [2.45, 2.75) is 68.2 Å². The number of nitrogens with zero attached hydrogens (tertiary/aromatic N) is 4. The number of benzene rings is 1. The number of urea groups is 1. The molecule has 34 heavy (non-hydrogen) atoms. The van der Waals surface area contributed by atoms with Crippen LogP contribution in [0.2, 0.25) is 0 Å². The van der Waals surface area contributed by atoms with Gasteiger partial charge < -0.3 is 15.2 Å². The fourth-order valence-corrected chi connectivity index (χ4v) is 5.31. The van der Waals surface area contributed by atoms with E-state index in [1.54, 1.807) is 13.0 Å². The number of hydrogen-bond acceptors (Lipinski definition) is 6. The van der Waals surface area contributed by atoms with Crippen LogP contribution in [0.5, 0.6) is 0 Å². The van der Waals surface area contributed by atoms with Crippen LogP contribution >= 0.6 is 11.8 Å². The summed E-state index contributed by atoms with van der Waals surface area (Å²) in [5.74, 6) is 0.312. The van der Waals surface area contributed by atoms with Gasteiger partial charge in [0.05, 0.1) is 17.4 Å². The molecule has 0 unspecified atom stereocenters. The predicted molar refractivity (Wildman–Crippen MR) is 121 cm³/mol. The number of thioether (sulfide) groups is 1. The van der Waals surface area contributed by atoms with Gasteiger partial charge in [-0.15, -0.1) is 10.2 Å². The Labute approximate surface area is 199 Å². The first-order valence-electron chi connectivity index (χ1n) is 11.3. The summed E-state index contributed by atoms with van der Waals surface area (Å²) >= 11 is 1.25. The first kappa shape index (κ1) is 24.4. The average molecular weight is 497 g/mol. The minimum atomic E-state index is -4.42. The van der Waals surface area contributed by atoms with E-state index < -0.39 is 23.0 Å². The van der Waals surface area contributed by atoms with Gasteiger partial charge in [-0.1, -0.05) is 37.1 Å². The quantitative estimate of drug-likeness (QED) is 0.551. The number of amides is 3. The molecule has 184 valence electrons. The molecule has 2 aliphatic rings. The van der Waals surface area contributed by atoms with Gasteiger partial charge in [0.2, 0.25) is 5.91 Å². The largest absolute Gasteiger partial charge is 0.416 e. The molecule has 1 aromatic carbocycles. The van der Waals surface area contributed by atoms with E-state index in [0.29, 0.717) is 29.8 Å². The predicted octanol–water partition coefficient (Wildman–Crippen LogP) is 4.45. The molecule has 1 saturated heterocycles. The summed E-state index contributed by atoms with van der Waals surface area (Å²) in [6.07, 6.45) is 0.750. The lowest BCUT2D eigenvalue weighted by atomic mass is 9.95. The maximum atomic E-state index is 13.1. The number of carbonyl (C=O) groups excluding carboxylic acids is 2. The summed E-state index contributed by atoms with van der Waals surface area (Å²) in [5.41, 5.74) is -0.383. The Morgan fingerprint density at radius 2 is 2.03 bits per heavy atom. The lowest BCUT2D eigenvalue weighted by molar-refractivity contribution is -0.137. The van der Waals surface area contributed by atoms with Gasteiger partial charge in [-0.25, -0.2) is 4.79 Å². The molecule has 0 spiro atoms. The van der Waals surface area contributed by atoms with E-state index >= 15 is 0 Å². The number of halogens is 3. The number of rotatable bonds is 7. The van der Waals surface area contributed by atoms with Gasteiger partial charge in [-0.3, -0.25) is 9.69 Å². The van der Waals surface area contributed by atoms with Crippen molar-refractivity contribution in [2.75, 3.05) is 18.4 Å². The molecule has 2 heterocycles. The Morgan fingerprint density at radius 1 is 1.26 bits per heavy atom. The number of aromatic nitrogens is 3. The lowest BCUT2D eigenvalue weighted by Gasteiger charge is -2.26. The number of imide groups is 1. The van der Waals surface area contributed by atoms with Crippen molar-refractivity contribution in [1.29, 1.82) is 0 Å². The van der Waals surface area contributed by atoms with E-state index in [-0.39, 0.29) is 18.5 Å². The zero-order chi connectivity index (χ0) is 24.3. The van der Waals surface area contributed by atoms with E-state index in [1.807, 2.05) is 4.57 Å². The van der Waals surface area contributed by atoms with Crippen LogP contribution in [0.15, 0.2) is 29.4 Å². The normalized spacial score (nSPS) is 18.1. The van der Waals surface area contributed by atoms with Crippen molar-refractivity contribution < 1.29 is 22.8 Å². The van der Waals surface area contributed by atoms with Crippen LogP contribution in [0, 0.1) is 0 Å². The molecule has 2 fully saturated rings. The fraction of sp³-hybridized carbons (Fsp3) is 0.545. The van der Waals surface area contributed by atoms with Gasteiger partial charge >= 0.3 is 12.2 Å². The van der Waals surface area contributed by atoms with E-state index in [4.69, 9.17) is 0 Å². The van der Waals surface area contributed by atoms with Gasteiger partial charge in [0.25, 0.3) is 0 Å². The van der Waals surface area contributed by atoms with Crippen LogP contribution in [0.3, 0.4) is 0 Å². The summed E-state index contributed by atoms with van der Waals surface area (Å²) in [6, 6.07) is 4.80. The first-order chi connectivity index (χ1) is 16.2. The molecule has 1 atom stereocenters. The number of nitrogens with one attached hydrogen (secondary N) is 2. The van der Waals surface area contributed by atoms with Crippen molar-refractivity contribution in [2.24, 2.45) is 0 Å². The van der Waals surface area contributed by atoms with E-state index in [0.717, 1.165) is 44.2 Å². The summed E-state index contributed by atoms with van der Waals surface area (Å²) < 4.78 is 41.2. The fourth-order valence-electron chi connectivity index (χ4n) is 4.31. The van der Waals surface area contributed by atoms with E-state index in [2.05, 4.69) is 20.8 Å². The second kappa shape index (κ2) is 10.2. The highest BCUT2D eigenvalue weighted by Gasteiger charge is 2.33. The molecule has 3 amide bonds. The zero-order valence-electron chi connectivity index (χ0n) is 18.8. The van der Waals surface area contributed by atoms with Crippen LogP contribution in [-0.4, -0.2) is 49.9 Å². The third-order valence-electron chi connectivity index (χ3n) is 6.07. The van der Waals surface area contributed by atoms with Crippen LogP contribution in [-0.2, 0) is 17.5 Å². The van der Waals surface area contributed by atoms with Gasteiger partial charge in [0.1, 0.15) is 0 Å². The first-order valence-corrected chi connectivity index (χ1v) is 12.2. The summed E-state index contributed by atoms with van der Waals surface area (Å²) in [5, 5.41) is 14.3. The molecular formula is C22H27F3N6O2S. The monoisotopic (exact) mass is 496 g/mol. The van der Waals surface area contributed by atoms with Crippen molar-refractivity contribution in [1.82, 2.24) is 25.0 Å². The smallest absolute Gasteiger partial charge is 0.378 e. The molecule has 12 heteroatoms. The van der Waals surface area contributed by atoms with Gasteiger partial charge in [-0.2, -0.15) is 13.2 Å². The van der Waals surface area contributed by atoms with Gasteiger partial charge in [0.15, 0.2) is 11.0 Å². The SMILES string of the molecule is C[C@@H](Sc1nnc(CNc2cccc(C(F)(F)F)c2)n1C1CCCCC1)C(=O)N1CCNC1=O. The highest BCUT2D eigenvalue weighted by Crippen LogP contribution is 2.35. The Bertz CT molecular complexity index is 1040. The molecule has 1 saturated carbocycles. The standard InChI is InChI=1S/C22H27F3N6O2S/c1-14(19(32)30-11-10-26-20(30)33)34-21-29-28-18(31(21)17-8-3-2-4-9-17)13-27-16-7-5-6-15(12-16)22(23,24)25/h5-7,12,14,17,27H,2-4,8-11,13H2,1H3,(H,26,33)/t14-/m1/s1. The topological polar surface area (TPSA) is 92.2 Å². The Kier molecular flexibility index (Phi) is 7.34. The van der Waals surface area contributed by atoms with Crippen molar-refractivity contribution in [3.63, 3.8) is 0 Å². The highest BCUT2D eigenvalue weighted by molar-refractivity contribution is 8.00. The van der Waals surface area contributed by atoms with Crippen LogP contribution < -0.4 is 10.6 Å². The molecule has 8 nitrogen and oxygen atoms in total. The number of alkyl halides is 3. The Balaban J connectivity index is 1.52. The Morgan fingerprint density at radius 3 is 2.71 bits per heavy atom. The molecule has 2 N–H and O–H groups in total. The second-order valence-electron chi connectivity index (χ2n) is 8.47. The number of anilines is 1. The molecular weight excluding hydrogens is 469 g/mol. The summed E-state index contributed by atoms with van der Waals surface area (Å²) in [4.78, 5) is 25.8.